The Morgan fingerprint density at radius 1 is 1.19 bits per heavy atom. The van der Waals surface area contributed by atoms with Crippen molar-refractivity contribution in [1.82, 2.24) is 0 Å². The quantitative estimate of drug-likeness (QED) is 0.574. The average molecular weight is 390 g/mol. The van der Waals surface area contributed by atoms with Crippen LogP contribution < -0.4 is 5.32 Å². The van der Waals surface area contributed by atoms with Gasteiger partial charge in [0.25, 0.3) is 0 Å². The highest BCUT2D eigenvalue weighted by molar-refractivity contribution is 7.99. The second-order valence-electron chi connectivity index (χ2n) is 6.21. The van der Waals surface area contributed by atoms with Crippen molar-refractivity contribution in [3.8, 4) is 0 Å². The number of thiophene rings is 1. The number of anilines is 1. The highest BCUT2D eigenvalue weighted by Crippen LogP contribution is 2.38. The van der Waals surface area contributed by atoms with Gasteiger partial charge in [-0.1, -0.05) is 19.1 Å². The number of ether oxygens (including phenoxy) is 1. The Kier molecular flexibility index (Phi) is 6.38. The van der Waals surface area contributed by atoms with Crippen molar-refractivity contribution in [2.45, 2.75) is 43.9 Å². The first-order valence-corrected chi connectivity index (χ1v) is 10.7. The standard InChI is InChI=1S/C20H23NO3S2/c1-3-25-14-10-8-13(9-11-14)12-17(22)21-19-18(20(23)24-2)15-6-4-5-7-16(15)26-19/h8-11H,3-7,12H2,1-2H3,(H,21,22). The van der Waals surface area contributed by atoms with E-state index >= 15 is 0 Å². The van der Waals surface area contributed by atoms with Gasteiger partial charge in [0.2, 0.25) is 5.91 Å². The number of carbonyl (C=O) groups is 2. The largest absolute Gasteiger partial charge is 0.465 e. The van der Waals surface area contributed by atoms with Crippen molar-refractivity contribution >= 4 is 40.0 Å². The van der Waals surface area contributed by atoms with Crippen LogP contribution in [-0.4, -0.2) is 24.7 Å². The number of rotatable bonds is 6. The fourth-order valence-electron chi connectivity index (χ4n) is 3.20. The van der Waals surface area contributed by atoms with Gasteiger partial charge in [0.1, 0.15) is 5.00 Å². The van der Waals surface area contributed by atoms with Crippen LogP contribution >= 0.6 is 23.1 Å². The Morgan fingerprint density at radius 3 is 2.62 bits per heavy atom. The number of nitrogens with one attached hydrogen (secondary N) is 1. The Morgan fingerprint density at radius 2 is 1.92 bits per heavy atom. The Bertz CT molecular complexity index is 796. The summed E-state index contributed by atoms with van der Waals surface area (Å²) >= 11 is 3.30. The van der Waals surface area contributed by atoms with Crippen LogP contribution in [0.15, 0.2) is 29.2 Å². The van der Waals surface area contributed by atoms with Crippen LogP contribution in [0.25, 0.3) is 0 Å². The van der Waals surface area contributed by atoms with Crippen molar-refractivity contribution in [3.05, 3.63) is 45.8 Å². The maximum Gasteiger partial charge on any atom is 0.341 e. The van der Waals surface area contributed by atoms with Crippen LogP contribution in [-0.2, 0) is 28.8 Å². The molecule has 0 atom stereocenters. The van der Waals surface area contributed by atoms with Crippen LogP contribution in [0.3, 0.4) is 0 Å². The summed E-state index contributed by atoms with van der Waals surface area (Å²) in [6, 6.07) is 8.05. The van der Waals surface area contributed by atoms with E-state index in [0.717, 1.165) is 42.6 Å². The van der Waals surface area contributed by atoms with E-state index < -0.39 is 0 Å². The van der Waals surface area contributed by atoms with Gasteiger partial charge in [-0.2, -0.15) is 0 Å². The fourth-order valence-corrected chi connectivity index (χ4v) is 5.15. The van der Waals surface area contributed by atoms with Crippen molar-refractivity contribution < 1.29 is 14.3 Å². The van der Waals surface area contributed by atoms with E-state index in [-0.39, 0.29) is 11.9 Å². The first-order chi connectivity index (χ1) is 12.6. The first-order valence-electron chi connectivity index (χ1n) is 8.86. The Balaban J connectivity index is 1.74. The molecule has 3 rings (SSSR count). The van der Waals surface area contributed by atoms with E-state index in [0.29, 0.717) is 17.0 Å². The molecule has 2 aromatic rings. The zero-order valence-electron chi connectivity index (χ0n) is 15.1. The number of thioether (sulfide) groups is 1. The molecule has 0 saturated carbocycles. The molecule has 1 heterocycles. The van der Waals surface area contributed by atoms with Gasteiger partial charge in [-0.05, 0) is 54.7 Å². The molecule has 1 aromatic carbocycles. The lowest BCUT2D eigenvalue weighted by molar-refractivity contribution is -0.115. The predicted octanol–water partition coefficient (Wildman–Crippen LogP) is 4.71. The normalized spacial score (nSPS) is 13.2. The fraction of sp³-hybridized carbons (Fsp3) is 0.400. The molecule has 0 bridgehead atoms. The minimum atomic E-state index is -0.361. The van der Waals surface area contributed by atoms with Gasteiger partial charge in [-0.25, -0.2) is 4.79 Å². The van der Waals surface area contributed by atoms with Gasteiger partial charge >= 0.3 is 5.97 Å². The van der Waals surface area contributed by atoms with Crippen molar-refractivity contribution in [2.24, 2.45) is 0 Å². The van der Waals surface area contributed by atoms with E-state index in [1.807, 2.05) is 24.3 Å². The monoisotopic (exact) mass is 389 g/mol. The van der Waals surface area contributed by atoms with Gasteiger partial charge in [-0.3, -0.25) is 4.79 Å². The highest BCUT2D eigenvalue weighted by atomic mass is 32.2. The third-order valence-electron chi connectivity index (χ3n) is 4.41. The minimum absolute atomic E-state index is 0.107. The number of esters is 1. The molecule has 0 saturated heterocycles. The number of hydrogen-bond acceptors (Lipinski definition) is 5. The molecule has 138 valence electrons. The average Bonchev–Trinajstić information content (AvgIpc) is 3.00. The zero-order chi connectivity index (χ0) is 18.5. The second kappa shape index (κ2) is 8.73. The van der Waals surface area contributed by atoms with Crippen molar-refractivity contribution in [2.75, 3.05) is 18.2 Å². The van der Waals surface area contributed by atoms with Gasteiger partial charge < -0.3 is 10.1 Å². The maximum atomic E-state index is 12.5. The molecule has 1 aliphatic carbocycles. The maximum absolute atomic E-state index is 12.5. The molecule has 0 radical (unpaired) electrons. The highest BCUT2D eigenvalue weighted by Gasteiger charge is 2.26. The molecule has 0 fully saturated rings. The van der Waals surface area contributed by atoms with E-state index in [9.17, 15) is 9.59 Å². The summed E-state index contributed by atoms with van der Waals surface area (Å²) < 4.78 is 4.95. The summed E-state index contributed by atoms with van der Waals surface area (Å²) in [5.41, 5.74) is 2.57. The third kappa shape index (κ3) is 4.30. The summed E-state index contributed by atoms with van der Waals surface area (Å²) in [4.78, 5) is 27.1. The molecule has 1 aliphatic rings. The number of benzene rings is 1. The van der Waals surface area contributed by atoms with Crippen LogP contribution in [0, 0.1) is 0 Å². The van der Waals surface area contributed by atoms with Crippen molar-refractivity contribution in [3.63, 3.8) is 0 Å². The molecule has 1 aromatic heterocycles. The molecule has 6 heteroatoms. The summed E-state index contributed by atoms with van der Waals surface area (Å²) in [7, 11) is 1.39. The number of aryl methyl sites for hydroxylation is 1. The molecular weight excluding hydrogens is 366 g/mol. The minimum Gasteiger partial charge on any atom is -0.465 e. The van der Waals surface area contributed by atoms with Crippen LogP contribution in [0.2, 0.25) is 0 Å². The smallest absolute Gasteiger partial charge is 0.341 e. The molecule has 4 nitrogen and oxygen atoms in total. The summed E-state index contributed by atoms with van der Waals surface area (Å²) in [6.45, 7) is 2.12. The number of hydrogen-bond donors (Lipinski definition) is 1. The predicted molar refractivity (Wildman–Crippen MR) is 107 cm³/mol. The lowest BCUT2D eigenvalue weighted by atomic mass is 9.95. The molecule has 0 spiro atoms. The van der Waals surface area contributed by atoms with Gasteiger partial charge in [0, 0.05) is 9.77 Å². The topological polar surface area (TPSA) is 55.4 Å². The molecular formula is C20H23NO3S2. The number of methoxy groups -OCH3 is 1. The van der Waals surface area contributed by atoms with Gasteiger partial charge in [0.05, 0.1) is 19.1 Å². The summed E-state index contributed by atoms with van der Waals surface area (Å²) in [6.07, 6.45) is 4.34. The van der Waals surface area contributed by atoms with Gasteiger partial charge in [0.15, 0.2) is 0 Å². The summed E-state index contributed by atoms with van der Waals surface area (Å²) in [5.74, 6) is 0.560. The van der Waals surface area contributed by atoms with E-state index in [1.165, 1.54) is 28.2 Å². The van der Waals surface area contributed by atoms with E-state index in [4.69, 9.17) is 4.74 Å². The van der Waals surface area contributed by atoms with Crippen molar-refractivity contribution in [1.29, 1.82) is 0 Å². The van der Waals surface area contributed by atoms with Gasteiger partial charge in [-0.15, -0.1) is 23.1 Å². The Hall–Kier alpha value is -1.79. The molecule has 1 N–H and O–H groups in total. The molecule has 26 heavy (non-hydrogen) atoms. The lowest BCUT2D eigenvalue weighted by Crippen LogP contribution is -2.16. The van der Waals surface area contributed by atoms with Crippen LogP contribution in [0.4, 0.5) is 5.00 Å². The van der Waals surface area contributed by atoms with E-state index in [2.05, 4.69) is 12.2 Å². The van der Waals surface area contributed by atoms with Crippen LogP contribution in [0.1, 0.15) is 46.1 Å². The number of carbonyl (C=O) groups excluding carboxylic acids is 2. The zero-order valence-corrected chi connectivity index (χ0v) is 16.7. The third-order valence-corrected chi connectivity index (χ3v) is 6.51. The Labute approximate surface area is 162 Å². The summed E-state index contributed by atoms with van der Waals surface area (Å²) in [5, 5.41) is 3.58. The SMILES string of the molecule is CCSc1ccc(CC(=O)Nc2sc3c(c2C(=O)OC)CCCC3)cc1. The second-order valence-corrected chi connectivity index (χ2v) is 8.65. The number of fused-ring (bicyclic) bond motifs is 1. The van der Waals surface area contributed by atoms with Crippen LogP contribution in [0.5, 0.6) is 0 Å². The first kappa shape index (κ1) is 19.0. The van der Waals surface area contributed by atoms with E-state index in [1.54, 1.807) is 11.8 Å². The number of amides is 1. The molecule has 0 aliphatic heterocycles. The lowest BCUT2D eigenvalue weighted by Gasteiger charge is -2.11. The molecule has 1 amide bonds. The molecule has 0 unspecified atom stereocenters.